The fourth-order valence-corrected chi connectivity index (χ4v) is 3.25. The second kappa shape index (κ2) is 7.18. The van der Waals surface area contributed by atoms with Crippen molar-refractivity contribution in [3.63, 3.8) is 0 Å². The number of rotatable bonds is 5. The Bertz CT molecular complexity index is 739. The van der Waals surface area contributed by atoms with E-state index >= 15 is 0 Å². The average Bonchev–Trinajstić information content (AvgIpc) is 3.12. The molecular formula is C19H25N3O2. The summed E-state index contributed by atoms with van der Waals surface area (Å²) in [6, 6.07) is 7.99. The van der Waals surface area contributed by atoms with E-state index in [2.05, 4.69) is 22.1 Å². The highest BCUT2D eigenvalue weighted by Gasteiger charge is 2.19. The van der Waals surface area contributed by atoms with Crippen molar-refractivity contribution in [1.29, 1.82) is 0 Å². The fraction of sp³-hybridized carbons (Fsp3) is 0.474. The number of methoxy groups -OCH3 is 1. The molecule has 1 aliphatic heterocycles. The summed E-state index contributed by atoms with van der Waals surface area (Å²) in [5.41, 5.74) is 2.22. The molecule has 1 fully saturated rings. The van der Waals surface area contributed by atoms with Crippen molar-refractivity contribution in [3.05, 3.63) is 35.5 Å². The van der Waals surface area contributed by atoms with Crippen molar-refractivity contribution in [2.24, 2.45) is 0 Å². The first-order valence-corrected chi connectivity index (χ1v) is 8.56. The number of nitrogens with one attached hydrogen (secondary N) is 1. The third-order valence-corrected chi connectivity index (χ3v) is 4.78. The summed E-state index contributed by atoms with van der Waals surface area (Å²) in [4.78, 5) is 19.5. The Kier molecular flexibility index (Phi) is 5.00. The standard InChI is InChI=1S/C19H25N3O2/c1-13(22-8-4-5-9-22)12-20-19(23)17-10-15-6-7-16(24-3)11-18(15)21-14(17)2/h6-7,10-11,13H,4-5,8-9,12H2,1-3H3,(H,20,23). The summed E-state index contributed by atoms with van der Waals surface area (Å²) < 4.78 is 5.23. The molecule has 5 heteroatoms. The second-order valence-electron chi connectivity index (χ2n) is 6.48. The molecule has 128 valence electrons. The molecule has 0 bridgehead atoms. The van der Waals surface area contributed by atoms with E-state index in [-0.39, 0.29) is 5.91 Å². The Morgan fingerprint density at radius 1 is 1.33 bits per heavy atom. The van der Waals surface area contributed by atoms with Gasteiger partial charge in [-0.2, -0.15) is 0 Å². The first-order valence-electron chi connectivity index (χ1n) is 8.56. The van der Waals surface area contributed by atoms with Crippen LogP contribution in [0.1, 0.15) is 35.8 Å². The normalized spacial score (nSPS) is 16.3. The van der Waals surface area contributed by atoms with Crippen LogP contribution in [0.2, 0.25) is 0 Å². The molecule has 1 saturated heterocycles. The van der Waals surface area contributed by atoms with Gasteiger partial charge in [0.15, 0.2) is 0 Å². The second-order valence-corrected chi connectivity index (χ2v) is 6.48. The number of likely N-dealkylation sites (tertiary alicyclic amines) is 1. The predicted octanol–water partition coefficient (Wildman–Crippen LogP) is 2.77. The van der Waals surface area contributed by atoms with E-state index < -0.39 is 0 Å². The van der Waals surface area contributed by atoms with Crippen molar-refractivity contribution < 1.29 is 9.53 Å². The number of pyridine rings is 1. The number of amides is 1. The van der Waals surface area contributed by atoms with Crippen LogP contribution >= 0.6 is 0 Å². The molecule has 1 aromatic carbocycles. The Morgan fingerprint density at radius 3 is 2.79 bits per heavy atom. The monoisotopic (exact) mass is 327 g/mol. The topological polar surface area (TPSA) is 54.5 Å². The average molecular weight is 327 g/mol. The Balaban J connectivity index is 1.73. The maximum absolute atomic E-state index is 12.6. The number of hydrogen-bond acceptors (Lipinski definition) is 4. The smallest absolute Gasteiger partial charge is 0.253 e. The van der Waals surface area contributed by atoms with E-state index in [4.69, 9.17) is 4.74 Å². The van der Waals surface area contributed by atoms with Gasteiger partial charge in [0, 0.05) is 24.0 Å². The SMILES string of the molecule is COc1ccc2cc(C(=O)NCC(C)N3CCCC3)c(C)nc2c1. The molecule has 1 unspecified atom stereocenters. The van der Waals surface area contributed by atoms with Crippen LogP contribution in [0.4, 0.5) is 0 Å². The summed E-state index contributed by atoms with van der Waals surface area (Å²) in [6.07, 6.45) is 2.52. The van der Waals surface area contributed by atoms with Crippen molar-refractivity contribution >= 4 is 16.8 Å². The first-order chi connectivity index (χ1) is 11.6. The van der Waals surface area contributed by atoms with E-state index in [0.29, 0.717) is 18.2 Å². The van der Waals surface area contributed by atoms with Crippen molar-refractivity contribution in [1.82, 2.24) is 15.2 Å². The highest BCUT2D eigenvalue weighted by Crippen LogP contribution is 2.21. The molecule has 24 heavy (non-hydrogen) atoms. The molecule has 2 heterocycles. The van der Waals surface area contributed by atoms with Gasteiger partial charge in [-0.3, -0.25) is 14.7 Å². The molecule has 0 radical (unpaired) electrons. The lowest BCUT2D eigenvalue weighted by Gasteiger charge is -2.24. The zero-order valence-electron chi connectivity index (χ0n) is 14.6. The lowest BCUT2D eigenvalue weighted by molar-refractivity contribution is 0.0939. The van der Waals surface area contributed by atoms with Gasteiger partial charge in [0.1, 0.15) is 5.75 Å². The Hall–Kier alpha value is -2.14. The summed E-state index contributed by atoms with van der Waals surface area (Å²) >= 11 is 0. The fourth-order valence-electron chi connectivity index (χ4n) is 3.25. The summed E-state index contributed by atoms with van der Waals surface area (Å²) in [7, 11) is 1.64. The van der Waals surface area contributed by atoms with Gasteiger partial charge >= 0.3 is 0 Å². The molecule has 1 atom stereocenters. The zero-order chi connectivity index (χ0) is 17.1. The number of carbonyl (C=O) groups is 1. The molecule has 3 rings (SSSR count). The first kappa shape index (κ1) is 16.7. The van der Waals surface area contributed by atoms with Gasteiger partial charge in [-0.05, 0) is 58.0 Å². The minimum absolute atomic E-state index is 0.0521. The van der Waals surface area contributed by atoms with E-state index in [1.54, 1.807) is 7.11 Å². The quantitative estimate of drug-likeness (QED) is 0.917. The number of fused-ring (bicyclic) bond motifs is 1. The van der Waals surface area contributed by atoms with Crippen molar-refractivity contribution in [2.75, 3.05) is 26.7 Å². The lowest BCUT2D eigenvalue weighted by atomic mass is 10.1. The van der Waals surface area contributed by atoms with Gasteiger partial charge in [0.25, 0.3) is 5.91 Å². The number of aryl methyl sites for hydroxylation is 1. The zero-order valence-corrected chi connectivity index (χ0v) is 14.6. The van der Waals surface area contributed by atoms with Crippen LogP contribution in [0.25, 0.3) is 10.9 Å². The molecule has 1 amide bonds. The highest BCUT2D eigenvalue weighted by molar-refractivity contribution is 5.98. The number of ether oxygens (including phenoxy) is 1. The molecular weight excluding hydrogens is 302 g/mol. The highest BCUT2D eigenvalue weighted by atomic mass is 16.5. The number of benzene rings is 1. The van der Waals surface area contributed by atoms with Gasteiger partial charge in [0.2, 0.25) is 0 Å². The molecule has 2 aromatic rings. The molecule has 5 nitrogen and oxygen atoms in total. The van der Waals surface area contributed by atoms with Crippen molar-refractivity contribution in [2.45, 2.75) is 32.7 Å². The van der Waals surface area contributed by atoms with Gasteiger partial charge in [-0.15, -0.1) is 0 Å². The molecule has 0 aliphatic carbocycles. The van der Waals surface area contributed by atoms with Gasteiger partial charge < -0.3 is 10.1 Å². The number of carbonyl (C=O) groups excluding carboxylic acids is 1. The molecule has 0 spiro atoms. The van der Waals surface area contributed by atoms with Crippen LogP contribution < -0.4 is 10.1 Å². The van der Waals surface area contributed by atoms with Crippen LogP contribution in [-0.4, -0.2) is 48.6 Å². The molecule has 1 aromatic heterocycles. The number of aromatic nitrogens is 1. The third kappa shape index (κ3) is 3.51. The maximum atomic E-state index is 12.6. The maximum Gasteiger partial charge on any atom is 0.253 e. The lowest BCUT2D eigenvalue weighted by Crippen LogP contribution is -2.40. The van der Waals surface area contributed by atoms with E-state index in [1.165, 1.54) is 12.8 Å². The molecule has 1 N–H and O–H groups in total. The van der Waals surface area contributed by atoms with E-state index in [1.807, 2.05) is 31.2 Å². The van der Waals surface area contributed by atoms with Crippen LogP contribution in [0.5, 0.6) is 5.75 Å². The largest absolute Gasteiger partial charge is 0.497 e. The molecule has 0 saturated carbocycles. The third-order valence-electron chi connectivity index (χ3n) is 4.78. The van der Waals surface area contributed by atoms with Crippen LogP contribution in [0.3, 0.4) is 0 Å². The van der Waals surface area contributed by atoms with Crippen LogP contribution in [0.15, 0.2) is 24.3 Å². The van der Waals surface area contributed by atoms with Crippen molar-refractivity contribution in [3.8, 4) is 5.75 Å². The summed E-state index contributed by atoms with van der Waals surface area (Å²) in [5.74, 6) is 0.717. The van der Waals surface area contributed by atoms with E-state index in [0.717, 1.165) is 35.4 Å². The minimum Gasteiger partial charge on any atom is -0.497 e. The summed E-state index contributed by atoms with van der Waals surface area (Å²) in [6.45, 7) is 6.98. The number of hydrogen-bond donors (Lipinski definition) is 1. The minimum atomic E-state index is -0.0521. The van der Waals surface area contributed by atoms with Gasteiger partial charge in [-0.1, -0.05) is 0 Å². The van der Waals surface area contributed by atoms with Crippen LogP contribution in [0, 0.1) is 6.92 Å². The Morgan fingerprint density at radius 2 is 2.08 bits per heavy atom. The number of nitrogens with zero attached hydrogens (tertiary/aromatic N) is 2. The molecule has 1 aliphatic rings. The van der Waals surface area contributed by atoms with Gasteiger partial charge in [0.05, 0.1) is 23.9 Å². The van der Waals surface area contributed by atoms with E-state index in [9.17, 15) is 4.79 Å². The predicted molar refractivity (Wildman–Crippen MR) is 95.6 cm³/mol. The van der Waals surface area contributed by atoms with Gasteiger partial charge in [-0.25, -0.2) is 0 Å². The Labute approximate surface area is 143 Å². The van der Waals surface area contributed by atoms with Crippen LogP contribution in [-0.2, 0) is 0 Å². The summed E-state index contributed by atoms with van der Waals surface area (Å²) in [5, 5.41) is 4.00.